The molecule has 3 aromatic rings. The molecule has 3 aromatic carbocycles. The molecular formula is C16H10BrClN3NaO3S. The Labute approximate surface area is 185 Å². The first-order chi connectivity index (χ1) is 11.8. The normalized spacial score (nSPS) is 11.7. The molecule has 0 spiro atoms. The number of fused-ring (bicyclic) bond motifs is 1. The van der Waals surface area contributed by atoms with Crippen molar-refractivity contribution in [3.8, 4) is 0 Å². The van der Waals surface area contributed by atoms with Gasteiger partial charge in [0.05, 0.1) is 16.3 Å². The van der Waals surface area contributed by atoms with Gasteiger partial charge in [0.25, 0.3) is 0 Å². The van der Waals surface area contributed by atoms with Crippen LogP contribution < -0.4 is 35.3 Å². The fraction of sp³-hybridized carbons (Fsp3) is 0. The van der Waals surface area contributed by atoms with Gasteiger partial charge in [0.15, 0.2) is 0 Å². The largest absolute Gasteiger partial charge is 1.00 e. The molecule has 26 heavy (non-hydrogen) atoms. The number of benzene rings is 3. The summed E-state index contributed by atoms with van der Waals surface area (Å²) in [4.78, 5) is -0.388. The summed E-state index contributed by atoms with van der Waals surface area (Å²) in [5.41, 5.74) is 6.88. The van der Waals surface area contributed by atoms with E-state index in [-0.39, 0.29) is 51.2 Å². The summed E-state index contributed by atoms with van der Waals surface area (Å²) >= 11 is 9.18. The fourth-order valence-corrected chi connectivity index (χ4v) is 3.78. The monoisotopic (exact) mass is 461 g/mol. The fourth-order valence-electron chi connectivity index (χ4n) is 2.31. The molecule has 0 heterocycles. The van der Waals surface area contributed by atoms with Gasteiger partial charge in [-0.25, -0.2) is 8.42 Å². The van der Waals surface area contributed by atoms with Crippen molar-refractivity contribution in [3.63, 3.8) is 0 Å². The van der Waals surface area contributed by atoms with Crippen molar-refractivity contribution >= 4 is 65.5 Å². The molecule has 2 N–H and O–H groups in total. The van der Waals surface area contributed by atoms with Gasteiger partial charge in [0.1, 0.15) is 15.8 Å². The second-order valence-electron chi connectivity index (χ2n) is 5.10. The molecule has 0 saturated carbocycles. The zero-order chi connectivity index (χ0) is 18.2. The Balaban J connectivity index is 0.00000243. The Morgan fingerprint density at radius 3 is 2.23 bits per heavy atom. The van der Waals surface area contributed by atoms with E-state index in [0.29, 0.717) is 20.6 Å². The Hall–Kier alpha value is -1.000. The van der Waals surface area contributed by atoms with E-state index >= 15 is 0 Å². The summed E-state index contributed by atoms with van der Waals surface area (Å²) in [6.07, 6.45) is 0. The first-order valence-corrected chi connectivity index (χ1v) is 9.49. The number of nitrogens with zero attached hydrogens (tertiary/aromatic N) is 2. The molecule has 0 unspecified atom stereocenters. The Kier molecular flexibility index (Phi) is 6.84. The van der Waals surface area contributed by atoms with Crippen LogP contribution in [0.1, 0.15) is 0 Å². The molecule has 0 aliphatic heterocycles. The van der Waals surface area contributed by atoms with E-state index in [1.165, 1.54) is 6.07 Å². The summed E-state index contributed by atoms with van der Waals surface area (Å²) in [5.74, 6) is 0. The summed E-state index contributed by atoms with van der Waals surface area (Å²) in [5, 5.41) is 9.26. The minimum atomic E-state index is -4.70. The maximum atomic E-state index is 11.6. The van der Waals surface area contributed by atoms with Gasteiger partial charge in [-0.05, 0) is 40.2 Å². The van der Waals surface area contributed by atoms with Crippen molar-refractivity contribution in [1.82, 2.24) is 0 Å². The van der Waals surface area contributed by atoms with Crippen molar-refractivity contribution in [2.24, 2.45) is 10.2 Å². The molecule has 6 nitrogen and oxygen atoms in total. The van der Waals surface area contributed by atoms with Crippen LogP contribution in [0, 0.1) is 0 Å². The molecule has 128 valence electrons. The van der Waals surface area contributed by atoms with E-state index in [1.807, 2.05) is 0 Å². The van der Waals surface area contributed by atoms with Crippen LogP contribution >= 0.6 is 27.5 Å². The third-order valence-electron chi connectivity index (χ3n) is 3.47. The number of nitrogens with two attached hydrogens (primary N) is 1. The van der Waals surface area contributed by atoms with Gasteiger partial charge < -0.3 is 10.3 Å². The molecule has 0 saturated heterocycles. The van der Waals surface area contributed by atoms with E-state index in [2.05, 4.69) is 26.2 Å². The van der Waals surface area contributed by atoms with E-state index in [9.17, 15) is 13.0 Å². The molecule has 3 rings (SSSR count). The van der Waals surface area contributed by atoms with Crippen LogP contribution in [0.25, 0.3) is 10.8 Å². The van der Waals surface area contributed by atoms with Crippen LogP contribution in [0.4, 0.5) is 17.1 Å². The third kappa shape index (κ3) is 4.45. The predicted molar refractivity (Wildman–Crippen MR) is 99.7 cm³/mol. The summed E-state index contributed by atoms with van der Waals surface area (Å²) in [6.45, 7) is 0. The van der Waals surface area contributed by atoms with Gasteiger partial charge in [-0.15, -0.1) is 10.2 Å². The van der Waals surface area contributed by atoms with Crippen molar-refractivity contribution in [1.29, 1.82) is 0 Å². The zero-order valence-corrected chi connectivity index (χ0v) is 18.6. The average molecular weight is 463 g/mol. The standard InChI is InChI=1S/C16H11BrClN3O3S.Na/c17-12-7-9(18)5-6-13(12)20-21-14-8-15(25(22,23)24)10-3-1-2-4-11(10)16(14)19;/h1-8H,19H2,(H,22,23,24);/q;+1/p-1. The zero-order valence-electron chi connectivity index (χ0n) is 13.5. The first kappa shape index (κ1) is 21.3. The van der Waals surface area contributed by atoms with Crippen LogP contribution in [-0.2, 0) is 10.1 Å². The van der Waals surface area contributed by atoms with E-state index in [4.69, 9.17) is 17.3 Å². The molecule has 0 aliphatic rings. The maximum Gasteiger partial charge on any atom is 1.00 e. The van der Waals surface area contributed by atoms with Crippen LogP contribution in [0.2, 0.25) is 5.02 Å². The van der Waals surface area contributed by atoms with Crippen molar-refractivity contribution in [3.05, 3.63) is 58.0 Å². The number of azo groups is 1. The Bertz CT molecular complexity index is 1120. The number of halogens is 2. The minimum Gasteiger partial charge on any atom is -0.744 e. The van der Waals surface area contributed by atoms with Crippen molar-refractivity contribution < 1.29 is 42.5 Å². The molecular weight excluding hydrogens is 453 g/mol. The summed E-state index contributed by atoms with van der Waals surface area (Å²) in [7, 11) is -4.70. The van der Waals surface area contributed by atoms with Gasteiger partial charge in [-0.1, -0.05) is 35.9 Å². The van der Waals surface area contributed by atoms with Crippen LogP contribution in [0.15, 0.2) is 68.1 Å². The van der Waals surface area contributed by atoms with Gasteiger partial charge in [0, 0.05) is 20.3 Å². The van der Waals surface area contributed by atoms with Crippen LogP contribution in [0.3, 0.4) is 0 Å². The molecule has 10 heteroatoms. The van der Waals surface area contributed by atoms with E-state index < -0.39 is 10.1 Å². The second-order valence-corrected chi connectivity index (χ2v) is 7.74. The Morgan fingerprint density at radius 1 is 1.00 bits per heavy atom. The average Bonchev–Trinajstić information content (AvgIpc) is 2.54. The van der Waals surface area contributed by atoms with Gasteiger partial charge >= 0.3 is 29.6 Å². The number of hydrogen-bond acceptors (Lipinski definition) is 6. The van der Waals surface area contributed by atoms with Gasteiger partial charge in [-0.2, -0.15) is 0 Å². The maximum absolute atomic E-state index is 11.6. The van der Waals surface area contributed by atoms with Crippen molar-refractivity contribution in [2.75, 3.05) is 5.73 Å². The van der Waals surface area contributed by atoms with Crippen LogP contribution in [-0.4, -0.2) is 13.0 Å². The van der Waals surface area contributed by atoms with Gasteiger partial charge in [0.2, 0.25) is 0 Å². The predicted octanol–water partition coefficient (Wildman–Crippen LogP) is 2.16. The topological polar surface area (TPSA) is 108 Å². The Morgan fingerprint density at radius 2 is 1.62 bits per heavy atom. The third-order valence-corrected chi connectivity index (χ3v) is 5.22. The molecule has 0 radical (unpaired) electrons. The molecule has 0 atom stereocenters. The SMILES string of the molecule is Nc1c(N=Nc2ccc(Cl)cc2Br)cc(S(=O)(=O)[O-])c2ccccc12.[Na+]. The molecule has 0 aromatic heterocycles. The van der Waals surface area contributed by atoms with Crippen molar-refractivity contribution in [2.45, 2.75) is 4.90 Å². The minimum absolute atomic E-state index is 0. The molecule has 0 fully saturated rings. The number of hydrogen-bond donors (Lipinski definition) is 1. The van der Waals surface area contributed by atoms with E-state index in [0.717, 1.165) is 6.07 Å². The second kappa shape index (κ2) is 8.35. The summed E-state index contributed by atoms with van der Waals surface area (Å²) in [6, 6.07) is 12.5. The number of anilines is 1. The van der Waals surface area contributed by atoms with E-state index in [1.54, 1.807) is 36.4 Å². The smallest absolute Gasteiger partial charge is 0.744 e. The summed E-state index contributed by atoms with van der Waals surface area (Å²) < 4.78 is 35.4. The first-order valence-electron chi connectivity index (χ1n) is 6.91. The molecule has 0 amide bonds. The molecule has 0 bridgehead atoms. The number of nitrogen functional groups attached to an aromatic ring is 1. The molecule has 0 aliphatic carbocycles. The van der Waals surface area contributed by atoms with Crippen LogP contribution in [0.5, 0.6) is 0 Å². The number of rotatable bonds is 3. The quantitative estimate of drug-likeness (QED) is 0.278. The van der Waals surface area contributed by atoms with Gasteiger partial charge in [-0.3, -0.25) is 0 Å².